The van der Waals surface area contributed by atoms with E-state index in [1.807, 2.05) is 36.4 Å². The van der Waals surface area contributed by atoms with Crippen molar-refractivity contribution in [3.05, 3.63) is 83.0 Å². The number of amides is 1. The number of ether oxygens (including phenoxy) is 2. The maximum atomic E-state index is 12.4. The first kappa shape index (κ1) is 23.3. The zero-order valence-electron chi connectivity index (χ0n) is 19.1. The van der Waals surface area contributed by atoms with Gasteiger partial charge in [0.05, 0.1) is 17.9 Å². The first-order valence-corrected chi connectivity index (χ1v) is 10.6. The molecule has 0 aliphatic carbocycles. The van der Waals surface area contributed by atoms with Crippen LogP contribution < -0.4 is 15.8 Å². The van der Waals surface area contributed by atoms with Crippen molar-refractivity contribution in [2.45, 2.75) is 40.3 Å². The maximum absolute atomic E-state index is 12.4. The predicted molar refractivity (Wildman–Crippen MR) is 127 cm³/mol. The molecule has 3 aromatic rings. The third kappa shape index (κ3) is 6.82. The zero-order valence-corrected chi connectivity index (χ0v) is 19.1. The number of hydrogen-bond acceptors (Lipinski definition) is 5. The Kier molecular flexibility index (Phi) is 7.49. The van der Waals surface area contributed by atoms with Crippen molar-refractivity contribution >= 4 is 11.7 Å². The van der Waals surface area contributed by atoms with Crippen LogP contribution in [-0.2, 0) is 24.3 Å². The third-order valence-electron chi connectivity index (χ3n) is 4.79. The van der Waals surface area contributed by atoms with Crippen LogP contribution in [0.4, 0.5) is 5.82 Å². The van der Waals surface area contributed by atoms with Crippen molar-refractivity contribution in [1.29, 1.82) is 0 Å². The largest absolute Gasteiger partial charge is 0.457 e. The summed E-state index contributed by atoms with van der Waals surface area (Å²) in [6, 6.07) is 19.2. The highest BCUT2D eigenvalue weighted by atomic mass is 16.5. The summed E-state index contributed by atoms with van der Waals surface area (Å²) in [7, 11) is 1.58. The zero-order chi connectivity index (χ0) is 23.1. The Morgan fingerprint density at radius 2 is 1.53 bits per heavy atom. The van der Waals surface area contributed by atoms with Crippen molar-refractivity contribution in [3.63, 3.8) is 0 Å². The Bertz CT molecular complexity index is 1040. The van der Waals surface area contributed by atoms with Gasteiger partial charge in [-0.2, -0.15) is 0 Å². The molecule has 0 unspecified atom stereocenters. The lowest BCUT2D eigenvalue weighted by molar-refractivity contribution is 0.0951. The third-order valence-corrected chi connectivity index (χ3v) is 4.79. The molecule has 1 amide bonds. The number of nitrogens with two attached hydrogens (primary N) is 1. The van der Waals surface area contributed by atoms with Crippen molar-refractivity contribution in [3.8, 4) is 11.5 Å². The Labute approximate surface area is 189 Å². The number of aromatic nitrogens is 1. The Hall–Kier alpha value is -3.38. The molecular formula is C26H31N3O3. The van der Waals surface area contributed by atoms with E-state index in [0.717, 1.165) is 23.5 Å². The van der Waals surface area contributed by atoms with E-state index in [1.165, 1.54) is 5.56 Å². The van der Waals surface area contributed by atoms with Gasteiger partial charge >= 0.3 is 0 Å². The molecular weight excluding hydrogens is 402 g/mol. The number of carbonyl (C=O) groups excluding carboxylic acids is 1. The molecule has 168 valence electrons. The second-order valence-electron chi connectivity index (χ2n) is 8.98. The number of carbonyl (C=O) groups is 1. The van der Waals surface area contributed by atoms with Gasteiger partial charge in [-0.1, -0.05) is 45.0 Å². The molecule has 0 radical (unpaired) electrons. The number of nitrogen functional groups attached to an aromatic ring is 1. The summed E-state index contributed by atoms with van der Waals surface area (Å²) in [5, 5.41) is 2.87. The molecule has 1 heterocycles. The van der Waals surface area contributed by atoms with Crippen LogP contribution in [0.15, 0.2) is 60.7 Å². The number of hydrogen-bond donors (Lipinski definition) is 2. The van der Waals surface area contributed by atoms with E-state index in [1.54, 1.807) is 19.2 Å². The van der Waals surface area contributed by atoms with Crippen molar-refractivity contribution in [1.82, 2.24) is 10.3 Å². The average molecular weight is 434 g/mol. The first-order chi connectivity index (χ1) is 15.2. The minimum absolute atomic E-state index is 0.189. The van der Waals surface area contributed by atoms with Crippen LogP contribution in [0, 0.1) is 5.41 Å². The number of nitrogens with zero attached hydrogens (tertiary/aromatic N) is 1. The molecule has 3 N–H and O–H groups in total. The number of anilines is 1. The molecule has 0 spiro atoms. The van der Waals surface area contributed by atoms with Gasteiger partial charge in [0.15, 0.2) is 0 Å². The predicted octanol–water partition coefficient (Wildman–Crippen LogP) is 5.12. The smallest absolute Gasteiger partial charge is 0.255 e. The quantitative estimate of drug-likeness (QED) is 0.515. The Balaban J connectivity index is 1.54. The van der Waals surface area contributed by atoms with Crippen LogP contribution >= 0.6 is 0 Å². The average Bonchev–Trinajstić information content (AvgIpc) is 2.74. The summed E-state index contributed by atoms with van der Waals surface area (Å²) >= 11 is 0. The van der Waals surface area contributed by atoms with Crippen LogP contribution in [0.2, 0.25) is 0 Å². The summed E-state index contributed by atoms with van der Waals surface area (Å²) < 4.78 is 11.0. The van der Waals surface area contributed by atoms with Gasteiger partial charge in [-0.15, -0.1) is 0 Å². The van der Waals surface area contributed by atoms with Crippen molar-refractivity contribution in [2.75, 3.05) is 12.8 Å². The number of methoxy groups -OCH3 is 1. The lowest BCUT2D eigenvalue weighted by Crippen LogP contribution is -2.24. The van der Waals surface area contributed by atoms with Crippen LogP contribution in [0.5, 0.6) is 11.5 Å². The standard InChI is InChI=1S/C26H31N3O3/c1-26(2,3)15-18-5-10-21(11-6-18)32-22-12-7-19(8-13-22)16-28-25(30)23-14-9-20(17-31-4)29-24(23)27/h5-14H,15-17H2,1-4H3,(H2,27,29)(H,28,30). The highest BCUT2D eigenvalue weighted by Crippen LogP contribution is 2.25. The highest BCUT2D eigenvalue weighted by Gasteiger charge is 2.12. The summed E-state index contributed by atoms with van der Waals surface area (Å²) in [5.41, 5.74) is 9.44. The lowest BCUT2D eigenvalue weighted by Gasteiger charge is -2.18. The molecule has 0 saturated heterocycles. The SMILES string of the molecule is COCc1ccc(C(=O)NCc2ccc(Oc3ccc(CC(C)(C)C)cc3)cc2)c(N)n1. The number of rotatable bonds is 8. The van der Waals surface area contributed by atoms with Gasteiger partial charge in [-0.05, 0) is 59.4 Å². The van der Waals surface area contributed by atoms with Crippen LogP contribution in [0.3, 0.4) is 0 Å². The topological polar surface area (TPSA) is 86.5 Å². The van der Waals surface area contributed by atoms with E-state index in [4.69, 9.17) is 15.2 Å². The molecule has 6 heteroatoms. The molecule has 0 aliphatic heterocycles. The fourth-order valence-electron chi connectivity index (χ4n) is 3.31. The van der Waals surface area contributed by atoms with E-state index in [9.17, 15) is 4.79 Å². The van der Waals surface area contributed by atoms with E-state index >= 15 is 0 Å². The van der Waals surface area contributed by atoms with E-state index in [2.05, 4.69) is 43.2 Å². The van der Waals surface area contributed by atoms with Crippen LogP contribution in [-0.4, -0.2) is 18.0 Å². The van der Waals surface area contributed by atoms with Gasteiger partial charge in [0.1, 0.15) is 17.3 Å². The van der Waals surface area contributed by atoms with E-state index < -0.39 is 0 Å². The minimum Gasteiger partial charge on any atom is -0.457 e. The van der Waals surface area contributed by atoms with E-state index in [0.29, 0.717) is 24.4 Å². The molecule has 0 saturated carbocycles. The Morgan fingerprint density at radius 1 is 0.938 bits per heavy atom. The minimum atomic E-state index is -0.269. The molecule has 3 rings (SSSR count). The summed E-state index contributed by atoms with van der Waals surface area (Å²) in [4.78, 5) is 16.6. The van der Waals surface area contributed by atoms with Gasteiger partial charge in [0, 0.05) is 13.7 Å². The van der Waals surface area contributed by atoms with E-state index in [-0.39, 0.29) is 17.1 Å². The number of benzene rings is 2. The fraction of sp³-hybridized carbons (Fsp3) is 0.308. The molecule has 0 atom stereocenters. The molecule has 0 aliphatic rings. The second-order valence-corrected chi connectivity index (χ2v) is 8.98. The summed E-state index contributed by atoms with van der Waals surface area (Å²) in [6.45, 7) is 7.41. The van der Waals surface area contributed by atoms with Crippen molar-refractivity contribution < 1.29 is 14.3 Å². The van der Waals surface area contributed by atoms with Crippen LogP contribution in [0.25, 0.3) is 0 Å². The summed E-state index contributed by atoms with van der Waals surface area (Å²) in [6.07, 6.45) is 1.02. The second kappa shape index (κ2) is 10.3. The van der Waals surface area contributed by atoms with Gasteiger partial charge in [0.25, 0.3) is 5.91 Å². The van der Waals surface area contributed by atoms with Gasteiger partial charge in [-0.3, -0.25) is 4.79 Å². The van der Waals surface area contributed by atoms with Gasteiger partial charge < -0.3 is 20.5 Å². The highest BCUT2D eigenvalue weighted by molar-refractivity contribution is 5.98. The molecule has 1 aromatic heterocycles. The van der Waals surface area contributed by atoms with Gasteiger partial charge in [0.2, 0.25) is 0 Å². The summed E-state index contributed by atoms with van der Waals surface area (Å²) in [5.74, 6) is 1.46. The molecule has 32 heavy (non-hydrogen) atoms. The maximum Gasteiger partial charge on any atom is 0.255 e. The Morgan fingerprint density at radius 3 is 2.06 bits per heavy atom. The molecule has 2 aromatic carbocycles. The number of nitrogens with one attached hydrogen (secondary N) is 1. The molecule has 0 fully saturated rings. The lowest BCUT2D eigenvalue weighted by atomic mass is 9.88. The first-order valence-electron chi connectivity index (χ1n) is 10.6. The van der Waals surface area contributed by atoms with Crippen LogP contribution in [0.1, 0.15) is 48.0 Å². The normalized spacial score (nSPS) is 11.2. The fourth-order valence-corrected chi connectivity index (χ4v) is 3.31. The molecule has 0 bridgehead atoms. The van der Waals surface area contributed by atoms with Gasteiger partial charge in [-0.25, -0.2) is 4.98 Å². The number of pyridine rings is 1. The monoisotopic (exact) mass is 433 g/mol. The van der Waals surface area contributed by atoms with Crippen molar-refractivity contribution in [2.24, 2.45) is 5.41 Å². The molecule has 6 nitrogen and oxygen atoms in total.